The van der Waals surface area contributed by atoms with E-state index >= 15 is 0 Å². The van der Waals surface area contributed by atoms with Crippen molar-refractivity contribution in [1.29, 1.82) is 0 Å². The van der Waals surface area contributed by atoms with Crippen molar-refractivity contribution in [2.75, 3.05) is 0 Å². The summed E-state index contributed by atoms with van der Waals surface area (Å²) in [5.41, 5.74) is 8.25. The topological polar surface area (TPSA) is 0 Å². The highest BCUT2D eigenvalue weighted by Crippen LogP contribution is 2.19. The zero-order valence-electron chi connectivity index (χ0n) is 16.6. The second kappa shape index (κ2) is 11.5. The highest BCUT2D eigenvalue weighted by molar-refractivity contribution is 5.50. The van der Waals surface area contributed by atoms with E-state index in [0.29, 0.717) is 0 Å². The minimum Gasteiger partial charge on any atom is -0.0985 e. The molecule has 0 spiro atoms. The van der Waals surface area contributed by atoms with Gasteiger partial charge in [0.2, 0.25) is 0 Å². The van der Waals surface area contributed by atoms with E-state index in [1.54, 1.807) is 0 Å². The van der Waals surface area contributed by atoms with Crippen LogP contribution in [-0.2, 0) is 19.3 Å². The Bertz CT molecular complexity index is 676. The molecule has 0 saturated carbocycles. The fourth-order valence-corrected chi connectivity index (χ4v) is 3.07. The van der Waals surface area contributed by atoms with Crippen LogP contribution in [0.1, 0.15) is 67.0 Å². The molecule has 25 heavy (non-hydrogen) atoms. The number of benzene rings is 2. The van der Waals surface area contributed by atoms with Crippen molar-refractivity contribution in [2.45, 2.75) is 59.8 Å². The summed E-state index contributed by atoms with van der Waals surface area (Å²) in [6.45, 7) is 16.2. The standard InChI is InChI=1S/C23H28.C2H6/c1-5-19-13-12-18(4)22(16-19)10-8-9-11-23-17-20(6-2)14-15-21(23)7-3;1-2/h5-6,12-17H,1-2,7-11H2,3-4H3;1-2H3. The van der Waals surface area contributed by atoms with Gasteiger partial charge < -0.3 is 0 Å². The molecule has 2 rings (SSSR count). The highest BCUT2D eigenvalue weighted by atomic mass is 14.1. The van der Waals surface area contributed by atoms with E-state index in [1.165, 1.54) is 46.2 Å². The second-order valence-electron chi connectivity index (χ2n) is 6.18. The lowest BCUT2D eigenvalue weighted by Crippen LogP contribution is -1.96. The third kappa shape index (κ3) is 6.38. The summed E-state index contributed by atoms with van der Waals surface area (Å²) in [4.78, 5) is 0. The molecule has 0 aromatic heterocycles. The molecule has 0 bridgehead atoms. The van der Waals surface area contributed by atoms with Gasteiger partial charge >= 0.3 is 0 Å². The predicted molar refractivity (Wildman–Crippen MR) is 115 cm³/mol. The summed E-state index contributed by atoms with van der Waals surface area (Å²) in [5.74, 6) is 0. The van der Waals surface area contributed by atoms with Gasteiger partial charge in [-0.2, -0.15) is 0 Å². The van der Waals surface area contributed by atoms with Gasteiger partial charge in [-0.05, 0) is 72.4 Å². The third-order valence-corrected chi connectivity index (χ3v) is 4.60. The summed E-state index contributed by atoms with van der Waals surface area (Å²) in [6.07, 6.45) is 9.73. The minimum absolute atomic E-state index is 1.10. The Balaban J connectivity index is 0.00000151. The van der Waals surface area contributed by atoms with Gasteiger partial charge in [-0.15, -0.1) is 0 Å². The lowest BCUT2D eigenvalue weighted by atomic mass is 9.95. The van der Waals surface area contributed by atoms with Gasteiger partial charge in [0.15, 0.2) is 0 Å². The van der Waals surface area contributed by atoms with Crippen LogP contribution in [0.4, 0.5) is 0 Å². The molecule has 0 nitrogen and oxygen atoms in total. The average Bonchev–Trinajstić information content (AvgIpc) is 2.67. The smallest absolute Gasteiger partial charge is 0.0260 e. The molecule has 2 aromatic rings. The van der Waals surface area contributed by atoms with Gasteiger partial charge in [0.05, 0.1) is 0 Å². The Morgan fingerprint density at radius 3 is 1.84 bits per heavy atom. The largest absolute Gasteiger partial charge is 0.0985 e. The number of unbranched alkanes of at least 4 members (excludes halogenated alkanes) is 1. The van der Waals surface area contributed by atoms with Crippen LogP contribution < -0.4 is 0 Å². The molecule has 134 valence electrons. The van der Waals surface area contributed by atoms with Crippen LogP contribution >= 0.6 is 0 Å². The van der Waals surface area contributed by atoms with E-state index in [-0.39, 0.29) is 0 Å². The molecule has 0 N–H and O–H groups in total. The number of rotatable bonds is 8. The van der Waals surface area contributed by atoms with Crippen LogP contribution in [0.15, 0.2) is 49.6 Å². The molecule has 0 heteroatoms. The molecule has 0 saturated heterocycles. The Labute approximate surface area is 155 Å². The van der Waals surface area contributed by atoms with Gasteiger partial charge in [-0.3, -0.25) is 0 Å². The van der Waals surface area contributed by atoms with E-state index in [9.17, 15) is 0 Å². The normalized spacial score (nSPS) is 9.92. The summed E-state index contributed by atoms with van der Waals surface area (Å²) < 4.78 is 0. The molecule has 0 heterocycles. The van der Waals surface area contributed by atoms with Crippen LogP contribution in [0.5, 0.6) is 0 Å². The number of hydrogen-bond acceptors (Lipinski definition) is 0. The molecule has 0 fully saturated rings. The molecule has 0 aliphatic heterocycles. The maximum absolute atomic E-state index is 3.88. The summed E-state index contributed by atoms with van der Waals surface area (Å²) >= 11 is 0. The van der Waals surface area contributed by atoms with Crippen molar-refractivity contribution in [3.05, 3.63) is 82.9 Å². The van der Waals surface area contributed by atoms with Gasteiger partial charge in [0, 0.05) is 0 Å². The van der Waals surface area contributed by atoms with E-state index in [0.717, 1.165) is 19.3 Å². The van der Waals surface area contributed by atoms with Crippen molar-refractivity contribution in [3.8, 4) is 0 Å². The zero-order valence-corrected chi connectivity index (χ0v) is 16.6. The molecule has 0 atom stereocenters. The first-order chi connectivity index (χ1) is 12.2. The molecule has 0 amide bonds. The fraction of sp³-hybridized carbons (Fsp3) is 0.360. The maximum atomic E-state index is 3.88. The van der Waals surface area contributed by atoms with Crippen LogP contribution in [0, 0.1) is 6.92 Å². The van der Waals surface area contributed by atoms with Crippen LogP contribution in [0.3, 0.4) is 0 Å². The SMILES string of the molecule is C=Cc1ccc(C)c(CCCCc2cc(C=C)ccc2CC)c1.CC. The van der Waals surface area contributed by atoms with Gasteiger partial charge in [0.25, 0.3) is 0 Å². The lowest BCUT2D eigenvalue weighted by molar-refractivity contribution is 0.727. The van der Waals surface area contributed by atoms with E-state index in [2.05, 4.69) is 63.4 Å². The molecule has 0 radical (unpaired) electrons. The van der Waals surface area contributed by atoms with Crippen molar-refractivity contribution < 1.29 is 0 Å². The van der Waals surface area contributed by atoms with Gasteiger partial charge in [0.1, 0.15) is 0 Å². The number of aryl methyl sites for hydroxylation is 4. The monoisotopic (exact) mass is 334 g/mol. The summed E-state index contributed by atoms with van der Waals surface area (Å²) in [5, 5.41) is 0. The first kappa shape index (κ1) is 21.0. The van der Waals surface area contributed by atoms with Crippen molar-refractivity contribution in [1.82, 2.24) is 0 Å². The van der Waals surface area contributed by atoms with Crippen LogP contribution in [-0.4, -0.2) is 0 Å². The summed E-state index contributed by atoms with van der Waals surface area (Å²) in [6, 6.07) is 13.3. The molecule has 0 aliphatic carbocycles. The average molecular weight is 335 g/mol. The molecular weight excluding hydrogens is 300 g/mol. The lowest BCUT2D eigenvalue weighted by Gasteiger charge is -2.10. The molecular formula is C25H34. The Morgan fingerprint density at radius 2 is 1.28 bits per heavy atom. The molecule has 2 aromatic carbocycles. The predicted octanol–water partition coefficient (Wildman–Crippen LogP) is 7.44. The maximum Gasteiger partial charge on any atom is -0.0260 e. The van der Waals surface area contributed by atoms with Gasteiger partial charge in [-0.1, -0.05) is 82.5 Å². The Hall–Kier alpha value is -2.08. The van der Waals surface area contributed by atoms with Crippen molar-refractivity contribution >= 4 is 12.2 Å². The first-order valence-electron chi connectivity index (χ1n) is 9.64. The highest BCUT2D eigenvalue weighted by Gasteiger charge is 2.03. The fourth-order valence-electron chi connectivity index (χ4n) is 3.07. The van der Waals surface area contributed by atoms with Crippen molar-refractivity contribution in [2.24, 2.45) is 0 Å². The van der Waals surface area contributed by atoms with E-state index in [4.69, 9.17) is 0 Å². The minimum atomic E-state index is 1.10. The van der Waals surface area contributed by atoms with Crippen molar-refractivity contribution in [3.63, 3.8) is 0 Å². The van der Waals surface area contributed by atoms with E-state index < -0.39 is 0 Å². The second-order valence-corrected chi connectivity index (χ2v) is 6.18. The first-order valence-corrected chi connectivity index (χ1v) is 9.64. The Kier molecular flexibility index (Phi) is 9.62. The Morgan fingerprint density at radius 1 is 0.760 bits per heavy atom. The number of hydrogen-bond donors (Lipinski definition) is 0. The third-order valence-electron chi connectivity index (χ3n) is 4.60. The van der Waals surface area contributed by atoms with Crippen LogP contribution in [0.2, 0.25) is 0 Å². The van der Waals surface area contributed by atoms with Gasteiger partial charge in [-0.25, -0.2) is 0 Å². The molecule has 0 unspecified atom stereocenters. The quantitative estimate of drug-likeness (QED) is 0.440. The van der Waals surface area contributed by atoms with E-state index in [1.807, 2.05) is 26.0 Å². The zero-order chi connectivity index (χ0) is 18.7. The van der Waals surface area contributed by atoms with Crippen LogP contribution in [0.25, 0.3) is 12.2 Å². The summed E-state index contributed by atoms with van der Waals surface area (Å²) in [7, 11) is 0. The molecule has 0 aliphatic rings.